The zero-order chi connectivity index (χ0) is 14.6. The maximum atomic E-state index is 12.0. The number of ether oxygens (including phenoxy) is 1. The van der Waals surface area contributed by atoms with E-state index in [0.717, 1.165) is 12.8 Å². The zero-order valence-electron chi connectivity index (χ0n) is 12.4. The molecule has 0 bridgehead atoms. The Balaban J connectivity index is 2.03. The molecule has 2 rings (SSSR count). The number of aryl methyl sites for hydroxylation is 1. The Morgan fingerprint density at radius 2 is 2.25 bits per heavy atom. The summed E-state index contributed by atoms with van der Waals surface area (Å²) in [6.07, 6.45) is 1.81. The van der Waals surface area contributed by atoms with Gasteiger partial charge < -0.3 is 15.4 Å². The average molecular weight is 276 g/mol. The molecule has 1 fully saturated rings. The second-order valence-corrected chi connectivity index (χ2v) is 5.87. The predicted octanol–water partition coefficient (Wildman–Crippen LogP) is 1.85. The number of carbonyl (C=O) groups is 1. The molecule has 0 radical (unpaired) electrons. The second-order valence-electron chi connectivity index (χ2n) is 5.87. The fourth-order valence-electron chi connectivity index (χ4n) is 2.67. The lowest BCUT2D eigenvalue weighted by Crippen LogP contribution is -2.52. The molecule has 1 saturated heterocycles. The summed E-state index contributed by atoms with van der Waals surface area (Å²) in [6.45, 7) is 6.26. The van der Waals surface area contributed by atoms with Gasteiger partial charge in [-0.3, -0.25) is 4.79 Å². The van der Waals surface area contributed by atoms with Crippen LogP contribution in [0.25, 0.3) is 0 Å². The van der Waals surface area contributed by atoms with Crippen LogP contribution >= 0.6 is 0 Å². The van der Waals surface area contributed by atoms with Gasteiger partial charge in [-0.25, -0.2) is 0 Å². The molecule has 1 aliphatic rings. The lowest BCUT2D eigenvalue weighted by atomic mass is 9.97. The number of nitrogens with zero attached hydrogens (tertiary/aromatic N) is 1. The van der Waals surface area contributed by atoms with Gasteiger partial charge in [0.15, 0.2) is 0 Å². The second kappa shape index (κ2) is 6.37. The SMILES string of the molecule is Cc1cccc(CN2CC(C)(CCCN)OCC2=O)c1. The minimum absolute atomic E-state index is 0.0664. The van der Waals surface area contributed by atoms with Crippen molar-refractivity contribution in [2.24, 2.45) is 5.73 Å². The van der Waals surface area contributed by atoms with Gasteiger partial charge in [-0.2, -0.15) is 0 Å². The standard InChI is InChI=1S/C16H24N2O2/c1-13-5-3-6-14(9-13)10-18-12-16(2,7-4-8-17)20-11-15(18)19/h3,5-6,9H,4,7-8,10-12,17H2,1-2H3. The molecule has 1 unspecified atom stereocenters. The van der Waals surface area contributed by atoms with Crippen LogP contribution < -0.4 is 5.73 Å². The van der Waals surface area contributed by atoms with Crippen molar-refractivity contribution < 1.29 is 9.53 Å². The minimum Gasteiger partial charge on any atom is -0.364 e. The highest BCUT2D eigenvalue weighted by atomic mass is 16.5. The van der Waals surface area contributed by atoms with E-state index in [9.17, 15) is 4.79 Å². The number of nitrogens with two attached hydrogens (primary N) is 1. The highest BCUT2D eigenvalue weighted by molar-refractivity contribution is 5.78. The molecule has 0 spiro atoms. The lowest BCUT2D eigenvalue weighted by molar-refractivity contribution is -0.163. The van der Waals surface area contributed by atoms with Gasteiger partial charge in [-0.1, -0.05) is 29.8 Å². The average Bonchev–Trinajstić information content (AvgIpc) is 2.41. The summed E-state index contributed by atoms with van der Waals surface area (Å²) in [7, 11) is 0. The van der Waals surface area contributed by atoms with Gasteiger partial charge in [0.1, 0.15) is 6.61 Å². The summed E-state index contributed by atoms with van der Waals surface area (Å²) in [5.41, 5.74) is 7.69. The summed E-state index contributed by atoms with van der Waals surface area (Å²) in [5.74, 6) is 0.0664. The molecule has 20 heavy (non-hydrogen) atoms. The molecule has 0 saturated carbocycles. The number of hydrogen-bond acceptors (Lipinski definition) is 3. The van der Waals surface area contributed by atoms with E-state index < -0.39 is 0 Å². The molecule has 0 aliphatic carbocycles. The third kappa shape index (κ3) is 3.81. The first kappa shape index (κ1) is 15.0. The van der Waals surface area contributed by atoms with Crippen LogP contribution in [-0.2, 0) is 16.1 Å². The zero-order valence-corrected chi connectivity index (χ0v) is 12.4. The molecule has 1 atom stereocenters. The molecule has 1 amide bonds. The van der Waals surface area contributed by atoms with E-state index in [1.54, 1.807) is 0 Å². The number of amides is 1. The third-order valence-corrected chi connectivity index (χ3v) is 3.79. The van der Waals surface area contributed by atoms with Crippen molar-refractivity contribution in [2.75, 3.05) is 19.7 Å². The van der Waals surface area contributed by atoms with E-state index in [2.05, 4.69) is 32.0 Å². The monoisotopic (exact) mass is 276 g/mol. The molecule has 4 nitrogen and oxygen atoms in total. The molecule has 1 aromatic rings. The number of rotatable bonds is 5. The minimum atomic E-state index is -0.267. The van der Waals surface area contributed by atoms with Crippen LogP contribution in [0.2, 0.25) is 0 Å². The number of hydrogen-bond donors (Lipinski definition) is 1. The topological polar surface area (TPSA) is 55.6 Å². The Morgan fingerprint density at radius 3 is 2.95 bits per heavy atom. The van der Waals surface area contributed by atoms with E-state index in [-0.39, 0.29) is 18.1 Å². The van der Waals surface area contributed by atoms with E-state index in [4.69, 9.17) is 10.5 Å². The first-order valence-electron chi connectivity index (χ1n) is 7.20. The van der Waals surface area contributed by atoms with Crippen molar-refractivity contribution in [3.63, 3.8) is 0 Å². The lowest BCUT2D eigenvalue weighted by Gasteiger charge is -2.40. The van der Waals surface area contributed by atoms with E-state index in [1.165, 1.54) is 11.1 Å². The van der Waals surface area contributed by atoms with Crippen LogP contribution in [0.15, 0.2) is 24.3 Å². The maximum Gasteiger partial charge on any atom is 0.248 e. The molecule has 1 heterocycles. The summed E-state index contributed by atoms with van der Waals surface area (Å²) >= 11 is 0. The molecule has 110 valence electrons. The van der Waals surface area contributed by atoms with Gasteiger partial charge >= 0.3 is 0 Å². The first-order chi connectivity index (χ1) is 9.52. The number of benzene rings is 1. The van der Waals surface area contributed by atoms with Gasteiger partial charge in [0.2, 0.25) is 5.91 Å². The quantitative estimate of drug-likeness (QED) is 0.893. The summed E-state index contributed by atoms with van der Waals surface area (Å²) < 4.78 is 5.72. The van der Waals surface area contributed by atoms with Crippen molar-refractivity contribution in [3.05, 3.63) is 35.4 Å². The molecule has 0 aromatic heterocycles. The smallest absolute Gasteiger partial charge is 0.248 e. The highest BCUT2D eigenvalue weighted by Crippen LogP contribution is 2.24. The van der Waals surface area contributed by atoms with Crippen molar-refractivity contribution in [1.29, 1.82) is 0 Å². The Labute approximate surface area is 120 Å². The fourth-order valence-corrected chi connectivity index (χ4v) is 2.67. The maximum absolute atomic E-state index is 12.0. The van der Waals surface area contributed by atoms with Gasteiger partial charge in [-0.05, 0) is 38.8 Å². The molecule has 1 aliphatic heterocycles. The molecule has 2 N–H and O–H groups in total. The summed E-state index contributed by atoms with van der Waals surface area (Å²) in [4.78, 5) is 13.9. The van der Waals surface area contributed by atoms with Gasteiger partial charge in [0.05, 0.1) is 5.60 Å². The predicted molar refractivity (Wildman–Crippen MR) is 79.2 cm³/mol. The van der Waals surface area contributed by atoms with E-state index in [1.807, 2.05) is 11.0 Å². The molecule has 4 heteroatoms. The summed E-state index contributed by atoms with van der Waals surface area (Å²) in [6, 6.07) is 8.28. The van der Waals surface area contributed by atoms with Gasteiger partial charge in [-0.15, -0.1) is 0 Å². The van der Waals surface area contributed by atoms with Gasteiger partial charge in [0.25, 0.3) is 0 Å². The van der Waals surface area contributed by atoms with Crippen LogP contribution in [0, 0.1) is 6.92 Å². The van der Waals surface area contributed by atoms with Crippen molar-refractivity contribution in [2.45, 2.75) is 38.8 Å². The van der Waals surface area contributed by atoms with E-state index >= 15 is 0 Å². The molecule has 1 aromatic carbocycles. The first-order valence-corrected chi connectivity index (χ1v) is 7.20. The molecular weight excluding hydrogens is 252 g/mol. The van der Waals surface area contributed by atoms with Crippen LogP contribution in [0.4, 0.5) is 0 Å². The van der Waals surface area contributed by atoms with Crippen molar-refractivity contribution in [3.8, 4) is 0 Å². The fraction of sp³-hybridized carbons (Fsp3) is 0.562. The van der Waals surface area contributed by atoms with Crippen LogP contribution in [-0.4, -0.2) is 36.1 Å². The van der Waals surface area contributed by atoms with Crippen LogP contribution in [0.5, 0.6) is 0 Å². The Hall–Kier alpha value is -1.39. The third-order valence-electron chi connectivity index (χ3n) is 3.79. The summed E-state index contributed by atoms with van der Waals surface area (Å²) in [5, 5.41) is 0. The normalized spacial score (nSPS) is 23.1. The number of carbonyl (C=O) groups excluding carboxylic acids is 1. The van der Waals surface area contributed by atoms with Gasteiger partial charge in [0, 0.05) is 13.1 Å². The van der Waals surface area contributed by atoms with Crippen LogP contribution in [0.3, 0.4) is 0 Å². The Kier molecular flexibility index (Phi) is 4.78. The van der Waals surface area contributed by atoms with Crippen LogP contribution in [0.1, 0.15) is 30.9 Å². The Morgan fingerprint density at radius 1 is 1.45 bits per heavy atom. The Bertz CT molecular complexity index is 475. The largest absolute Gasteiger partial charge is 0.364 e. The highest BCUT2D eigenvalue weighted by Gasteiger charge is 2.35. The van der Waals surface area contributed by atoms with Crippen molar-refractivity contribution >= 4 is 5.91 Å². The molecular formula is C16H24N2O2. The number of morpholine rings is 1. The van der Waals surface area contributed by atoms with E-state index in [0.29, 0.717) is 19.6 Å². The van der Waals surface area contributed by atoms with Crippen molar-refractivity contribution in [1.82, 2.24) is 4.90 Å².